The largest absolute Gasteiger partial charge is 0.241 e. The molecular weight excluding hydrogens is 291 g/mol. The number of hydrogen-bond acceptors (Lipinski definition) is 1. The van der Waals surface area contributed by atoms with Crippen molar-refractivity contribution in [2.75, 3.05) is 0 Å². The van der Waals surface area contributed by atoms with Crippen molar-refractivity contribution in [3.8, 4) is 11.1 Å². The van der Waals surface area contributed by atoms with E-state index in [4.69, 9.17) is 34.8 Å². The fourth-order valence-corrected chi connectivity index (χ4v) is 2.49. The summed E-state index contributed by atoms with van der Waals surface area (Å²) in [6, 6.07) is 9.29. The third-order valence-electron chi connectivity index (χ3n) is 2.72. The van der Waals surface area contributed by atoms with E-state index in [2.05, 4.69) is 5.10 Å². The molecule has 2 aromatic heterocycles. The van der Waals surface area contributed by atoms with Crippen LogP contribution in [-0.4, -0.2) is 9.61 Å². The van der Waals surface area contributed by atoms with Gasteiger partial charge in [0.2, 0.25) is 0 Å². The van der Waals surface area contributed by atoms with Gasteiger partial charge < -0.3 is 0 Å². The number of halogens is 3. The molecule has 0 atom stereocenters. The number of hydrogen-bond donors (Lipinski definition) is 0. The Morgan fingerprint density at radius 1 is 0.889 bits per heavy atom. The second-order valence-corrected chi connectivity index (χ2v) is 5.08. The van der Waals surface area contributed by atoms with Crippen molar-refractivity contribution in [1.82, 2.24) is 9.61 Å². The molecule has 0 spiro atoms. The van der Waals surface area contributed by atoms with Crippen LogP contribution < -0.4 is 0 Å². The lowest BCUT2D eigenvalue weighted by Gasteiger charge is -2.07. The zero-order valence-corrected chi connectivity index (χ0v) is 11.3. The summed E-state index contributed by atoms with van der Waals surface area (Å²) in [4.78, 5) is 0. The summed E-state index contributed by atoms with van der Waals surface area (Å²) >= 11 is 18.1. The fraction of sp³-hybridized carbons (Fsp3) is 0. The Bertz CT molecular complexity index is 734. The van der Waals surface area contributed by atoms with Gasteiger partial charge in [-0.05, 0) is 35.9 Å². The number of pyridine rings is 1. The average molecular weight is 298 g/mol. The molecule has 0 saturated heterocycles. The molecule has 0 saturated carbocycles. The van der Waals surface area contributed by atoms with Crippen LogP contribution in [0.15, 0.2) is 42.7 Å². The molecule has 2 nitrogen and oxygen atoms in total. The molecule has 0 aliphatic rings. The molecule has 0 fully saturated rings. The number of rotatable bonds is 1. The van der Waals surface area contributed by atoms with Crippen LogP contribution >= 0.6 is 34.8 Å². The van der Waals surface area contributed by atoms with Crippen LogP contribution in [0.4, 0.5) is 0 Å². The summed E-state index contributed by atoms with van der Waals surface area (Å²) in [6.07, 6.45) is 3.62. The third-order valence-corrected chi connectivity index (χ3v) is 3.76. The highest BCUT2D eigenvalue weighted by molar-refractivity contribution is 6.44. The molecule has 90 valence electrons. The van der Waals surface area contributed by atoms with Gasteiger partial charge in [-0.1, -0.05) is 34.8 Å². The highest BCUT2D eigenvalue weighted by atomic mass is 35.5. The molecule has 0 radical (unpaired) electrons. The molecule has 0 amide bonds. The van der Waals surface area contributed by atoms with Crippen LogP contribution in [0.5, 0.6) is 0 Å². The number of benzene rings is 1. The first-order valence-electron chi connectivity index (χ1n) is 5.23. The van der Waals surface area contributed by atoms with Crippen molar-refractivity contribution >= 4 is 40.3 Å². The quantitative estimate of drug-likeness (QED) is 0.580. The zero-order valence-electron chi connectivity index (χ0n) is 9.07. The Kier molecular flexibility index (Phi) is 2.94. The van der Waals surface area contributed by atoms with E-state index < -0.39 is 0 Å². The van der Waals surface area contributed by atoms with Crippen LogP contribution in [-0.2, 0) is 0 Å². The van der Waals surface area contributed by atoms with Crippen molar-refractivity contribution < 1.29 is 0 Å². The first kappa shape index (κ1) is 11.8. The third kappa shape index (κ3) is 1.97. The summed E-state index contributed by atoms with van der Waals surface area (Å²) in [5, 5.41) is 5.67. The topological polar surface area (TPSA) is 17.3 Å². The summed E-state index contributed by atoms with van der Waals surface area (Å²) in [5.74, 6) is 0. The molecular formula is C13H7Cl3N2. The molecule has 3 aromatic rings. The van der Waals surface area contributed by atoms with Crippen molar-refractivity contribution in [2.24, 2.45) is 0 Å². The van der Waals surface area contributed by atoms with Crippen molar-refractivity contribution in [1.29, 1.82) is 0 Å². The molecule has 0 bridgehead atoms. The summed E-state index contributed by atoms with van der Waals surface area (Å²) in [5.41, 5.74) is 2.83. The van der Waals surface area contributed by atoms with Gasteiger partial charge in [-0.3, -0.25) is 0 Å². The molecule has 0 aliphatic carbocycles. The minimum atomic E-state index is 0.454. The van der Waals surface area contributed by atoms with Gasteiger partial charge in [-0.25, -0.2) is 4.52 Å². The van der Waals surface area contributed by atoms with E-state index in [0.29, 0.717) is 15.1 Å². The lowest BCUT2D eigenvalue weighted by Crippen LogP contribution is -1.87. The predicted octanol–water partition coefficient (Wildman–Crippen LogP) is 4.96. The van der Waals surface area contributed by atoms with Crippen LogP contribution in [0.3, 0.4) is 0 Å². The van der Waals surface area contributed by atoms with Crippen LogP contribution in [0.25, 0.3) is 16.6 Å². The molecule has 18 heavy (non-hydrogen) atoms. The molecule has 0 unspecified atom stereocenters. The highest BCUT2D eigenvalue weighted by Gasteiger charge is 2.08. The smallest absolute Gasteiger partial charge is 0.0667 e. The lowest BCUT2D eigenvalue weighted by molar-refractivity contribution is 0.962. The minimum absolute atomic E-state index is 0.454. The first-order chi connectivity index (χ1) is 8.65. The lowest BCUT2D eigenvalue weighted by atomic mass is 10.1. The predicted molar refractivity (Wildman–Crippen MR) is 75.7 cm³/mol. The van der Waals surface area contributed by atoms with Crippen LogP contribution in [0.1, 0.15) is 0 Å². The van der Waals surface area contributed by atoms with E-state index >= 15 is 0 Å². The second-order valence-electron chi connectivity index (χ2n) is 3.86. The number of fused-ring (bicyclic) bond motifs is 1. The molecule has 5 heteroatoms. The van der Waals surface area contributed by atoms with Gasteiger partial charge in [0.15, 0.2) is 0 Å². The maximum atomic E-state index is 6.20. The maximum absolute atomic E-state index is 6.20. The number of aromatic nitrogens is 2. The Balaban J connectivity index is 2.21. The van der Waals surface area contributed by atoms with Gasteiger partial charge >= 0.3 is 0 Å². The number of nitrogens with zero attached hydrogens (tertiary/aromatic N) is 2. The van der Waals surface area contributed by atoms with Crippen molar-refractivity contribution in [3.63, 3.8) is 0 Å². The second kappa shape index (κ2) is 4.47. The summed E-state index contributed by atoms with van der Waals surface area (Å²) < 4.78 is 1.79. The van der Waals surface area contributed by atoms with E-state index in [1.807, 2.05) is 24.4 Å². The Morgan fingerprint density at radius 2 is 1.67 bits per heavy atom. The standard InChI is InChI=1S/C13H7Cl3N2/c14-11-7-13(16)12(15)6-10(11)8-2-4-18-9(5-8)1-3-17-18/h1-7H. The summed E-state index contributed by atoms with van der Waals surface area (Å²) in [6.45, 7) is 0. The monoisotopic (exact) mass is 296 g/mol. The van der Waals surface area contributed by atoms with Gasteiger partial charge in [0, 0.05) is 23.0 Å². The van der Waals surface area contributed by atoms with Gasteiger partial charge in [-0.2, -0.15) is 5.10 Å². The fourth-order valence-electron chi connectivity index (χ4n) is 1.83. The van der Waals surface area contributed by atoms with Crippen molar-refractivity contribution in [2.45, 2.75) is 0 Å². The minimum Gasteiger partial charge on any atom is -0.241 e. The SMILES string of the molecule is Clc1cc(Cl)c(-c2ccn3nccc3c2)cc1Cl. The zero-order chi connectivity index (χ0) is 12.7. The molecule has 0 aliphatic heterocycles. The summed E-state index contributed by atoms with van der Waals surface area (Å²) in [7, 11) is 0. The molecule has 2 heterocycles. The Labute approximate surface area is 119 Å². The molecule has 0 N–H and O–H groups in total. The van der Waals surface area contributed by atoms with Gasteiger partial charge in [0.05, 0.1) is 15.6 Å². The van der Waals surface area contributed by atoms with Gasteiger partial charge in [0.25, 0.3) is 0 Å². The Morgan fingerprint density at radius 3 is 2.50 bits per heavy atom. The normalized spacial score (nSPS) is 11.1. The first-order valence-corrected chi connectivity index (χ1v) is 6.37. The van der Waals surface area contributed by atoms with Gasteiger partial charge in [-0.15, -0.1) is 0 Å². The van der Waals surface area contributed by atoms with Crippen LogP contribution in [0.2, 0.25) is 15.1 Å². The van der Waals surface area contributed by atoms with Crippen LogP contribution in [0, 0.1) is 0 Å². The average Bonchev–Trinajstić information content (AvgIpc) is 2.80. The van der Waals surface area contributed by atoms with E-state index in [1.165, 1.54) is 0 Å². The van der Waals surface area contributed by atoms with E-state index in [1.54, 1.807) is 22.8 Å². The highest BCUT2D eigenvalue weighted by Crippen LogP contribution is 2.35. The van der Waals surface area contributed by atoms with E-state index in [9.17, 15) is 0 Å². The Hall–Kier alpha value is -1.22. The van der Waals surface area contributed by atoms with E-state index in [-0.39, 0.29) is 0 Å². The molecule has 1 aromatic carbocycles. The van der Waals surface area contributed by atoms with E-state index in [0.717, 1.165) is 16.6 Å². The maximum Gasteiger partial charge on any atom is 0.0667 e. The molecule has 3 rings (SSSR count). The van der Waals surface area contributed by atoms with Gasteiger partial charge in [0.1, 0.15) is 0 Å². The van der Waals surface area contributed by atoms with Crippen molar-refractivity contribution in [3.05, 3.63) is 57.8 Å².